The zero-order valence-corrected chi connectivity index (χ0v) is 12.7. The van der Waals surface area contributed by atoms with Gasteiger partial charge in [-0.25, -0.2) is 0 Å². The van der Waals surface area contributed by atoms with Crippen LogP contribution in [0.3, 0.4) is 0 Å². The molecule has 0 spiro atoms. The lowest BCUT2D eigenvalue weighted by Gasteiger charge is -2.21. The third-order valence-corrected chi connectivity index (χ3v) is 4.52. The maximum absolute atomic E-state index is 5.66. The monoisotopic (exact) mass is 279 g/mol. The number of ether oxygens (including phenoxy) is 1. The van der Waals surface area contributed by atoms with Crippen molar-refractivity contribution >= 4 is 11.8 Å². The Morgan fingerprint density at radius 1 is 1.32 bits per heavy atom. The van der Waals surface area contributed by atoms with Gasteiger partial charge in [0.1, 0.15) is 5.75 Å². The van der Waals surface area contributed by atoms with E-state index in [4.69, 9.17) is 4.74 Å². The lowest BCUT2D eigenvalue weighted by molar-refractivity contribution is 0.317. The fraction of sp³-hybridized carbons (Fsp3) is 0.625. The molecule has 0 unspecified atom stereocenters. The summed E-state index contributed by atoms with van der Waals surface area (Å²) in [7, 11) is 0. The Bertz CT molecular complexity index is 364. The van der Waals surface area contributed by atoms with Gasteiger partial charge in [0.05, 0.1) is 6.61 Å². The van der Waals surface area contributed by atoms with E-state index < -0.39 is 0 Å². The molecule has 1 N–H and O–H groups in total. The molecule has 0 atom stereocenters. The standard InChI is InChI=1S/C16H25NOS/c1-2-8-18-16-5-3-4-15(11-16)13-17-12-14-6-9-19-10-7-14/h3-5,11,14,17H,2,6-10,12-13H2,1H3. The van der Waals surface area contributed by atoms with Crippen LogP contribution < -0.4 is 10.1 Å². The van der Waals surface area contributed by atoms with E-state index in [0.717, 1.165) is 37.8 Å². The van der Waals surface area contributed by atoms with Crippen molar-refractivity contribution < 1.29 is 4.74 Å². The number of nitrogens with one attached hydrogen (secondary N) is 1. The smallest absolute Gasteiger partial charge is 0.119 e. The molecule has 1 fully saturated rings. The molecule has 1 aliphatic heterocycles. The van der Waals surface area contributed by atoms with Gasteiger partial charge >= 0.3 is 0 Å². The molecule has 1 heterocycles. The van der Waals surface area contributed by atoms with E-state index in [1.165, 1.54) is 29.9 Å². The van der Waals surface area contributed by atoms with Crippen LogP contribution in [0.1, 0.15) is 31.7 Å². The van der Waals surface area contributed by atoms with E-state index in [2.05, 4.69) is 42.2 Å². The molecule has 1 aliphatic rings. The van der Waals surface area contributed by atoms with E-state index in [9.17, 15) is 0 Å². The number of thioether (sulfide) groups is 1. The minimum absolute atomic E-state index is 0.802. The van der Waals surface area contributed by atoms with Crippen LogP contribution in [0.15, 0.2) is 24.3 Å². The Morgan fingerprint density at radius 2 is 2.16 bits per heavy atom. The number of benzene rings is 1. The van der Waals surface area contributed by atoms with Gasteiger partial charge in [0.25, 0.3) is 0 Å². The first-order valence-corrected chi connectivity index (χ1v) is 8.54. The molecule has 0 amide bonds. The van der Waals surface area contributed by atoms with Crippen LogP contribution >= 0.6 is 11.8 Å². The van der Waals surface area contributed by atoms with Crippen molar-refractivity contribution in [2.45, 2.75) is 32.7 Å². The van der Waals surface area contributed by atoms with Gasteiger partial charge in [-0.1, -0.05) is 19.1 Å². The first-order valence-electron chi connectivity index (χ1n) is 7.38. The molecule has 2 nitrogen and oxygen atoms in total. The minimum Gasteiger partial charge on any atom is -0.494 e. The van der Waals surface area contributed by atoms with Gasteiger partial charge in [0.2, 0.25) is 0 Å². The summed E-state index contributed by atoms with van der Waals surface area (Å²) in [5, 5.41) is 3.59. The van der Waals surface area contributed by atoms with Crippen molar-refractivity contribution in [1.29, 1.82) is 0 Å². The van der Waals surface area contributed by atoms with Gasteiger partial charge in [-0.15, -0.1) is 0 Å². The second-order valence-corrected chi connectivity index (χ2v) is 6.41. The van der Waals surface area contributed by atoms with Crippen LogP contribution in [0.5, 0.6) is 5.75 Å². The Balaban J connectivity index is 1.72. The highest BCUT2D eigenvalue weighted by atomic mass is 32.2. The number of rotatable bonds is 7. The average molecular weight is 279 g/mol. The summed E-state index contributed by atoms with van der Waals surface area (Å²) in [6, 6.07) is 8.44. The molecule has 0 aromatic heterocycles. The fourth-order valence-electron chi connectivity index (χ4n) is 2.34. The summed E-state index contributed by atoms with van der Waals surface area (Å²) in [6.07, 6.45) is 3.80. The van der Waals surface area contributed by atoms with Gasteiger partial charge in [-0.05, 0) is 60.9 Å². The average Bonchev–Trinajstić information content (AvgIpc) is 2.47. The van der Waals surface area contributed by atoms with E-state index in [1.54, 1.807) is 0 Å². The fourth-order valence-corrected chi connectivity index (χ4v) is 3.54. The predicted octanol–water partition coefficient (Wildman–Crippen LogP) is 3.71. The van der Waals surface area contributed by atoms with Gasteiger partial charge in [-0.2, -0.15) is 11.8 Å². The Kier molecular flexibility index (Phi) is 6.58. The van der Waals surface area contributed by atoms with Gasteiger partial charge in [0.15, 0.2) is 0 Å². The molecule has 106 valence electrons. The van der Waals surface area contributed by atoms with Crippen LogP contribution in [-0.2, 0) is 6.54 Å². The normalized spacial score (nSPS) is 16.5. The molecule has 0 saturated carbocycles. The maximum atomic E-state index is 5.66. The SMILES string of the molecule is CCCOc1cccc(CNCC2CCSCC2)c1. The second-order valence-electron chi connectivity index (χ2n) is 5.18. The van der Waals surface area contributed by atoms with Crippen molar-refractivity contribution in [3.05, 3.63) is 29.8 Å². The van der Waals surface area contributed by atoms with Crippen LogP contribution in [0.4, 0.5) is 0 Å². The van der Waals surface area contributed by atoms with Crippen LogP contribution in [-0.4, -0.2) is 24.7 Å². The topological polar surface area (TPSA) is 21.3 Å². The van der Waals surface area contributed by atoms with Crippen LogP contribution in [0.25, 0.3) is 0 Å². The molecule has 2 rings (SSSR count). The lowest BCUT2D eigenvalue weighted by Crippen LogP contribution is -2.25. The molecular formula is C16H25NOS. The van der Waals surface area contributed by atoms with Crippen molar-refractivity contribution in [2.75, 3.05) is 24.7 Å². The highest BCUT2D eigenvalue weighted by molar-refractivity contribution is 7.99. The van der Waals surface area contributed by atoms with Crippen molar-refractivity contribution in [2.24, 2.45) is 5.92 Å². The summed E-state index contributed by atoms with van der Waals surface area (Å²) >= 11 is 2.09. The summed E-state index contributed by atoms with van der Waals surface area (Å²) in [6.45, 7) is 5.04. The van der Waals surface area contributed by atoms with E-state index >= 15 is 0 Å². The van der Waals surface area contributed by atoms with E-state index in [1.807, 2.05) is 6.07 Å². The lowest BCUT2D eigenvalue weighted by atomic mass is 10.0. The van der Waals surface area contributed by atoms with Gasteiger partial charge in [0, 0.05) is 6.54 Å². The van der Waals surface area contributed by atoms with Gasteiger partial charge in [-0.3, -0.25) is 0 Å². The minimum atomic E-state index is 0.802. The molecule has 0 radical (unpaired) electrons. The third kappa shape index (κ3) is 5.45. The molecule has 1 saturated heterocycles. The first kappa shape index (κ1) is 14.7. The molecule has 1 aromatic rings. The summed E-state index contributed by atoms with van der Waals surface area (Å²) in [5.74, 6) is 4.55. The highest BCUT2D eigenvalue weighted by Crippen LogP contribution is 2.22. The van der Waals surface area contributed by atoms with Crippen molar-refractivity contribution in [1.82, 2.24) is 5.32 Å². The molecule has 0 aliphatic carbocycles. The Morgan fingerprint density at radius 3 is 2.95 bits per heavy atom. The largest absolute Gasteiger partial charge is 0.494 e. The quantitative estimate of drug-likeness (QED) is 0.822. The number of hydrogen-bond donors (Lipinski definition) is 1. The highest BCUT2D eigenvalue weighted by Gasteiger charge is 2.12. The third-order valence-electron chi connectivity index (χ3n) is 3.47. The van der Waals surface area contributed by atoms with Crippen LogP contribution in [0.2, 0.25) is 0 Å². The molecule has 0 bridgehead atoms. The van der Waals surface area contributed by atoms with Crippen molar-refractivity contribution in [3.63, 3.8) is 0 Å². The maximum Gasteiger partial charge on any atom is 0.119 e. The molecule has 1 aromatic carbocycles. The van der Waals surface area contributed by atoms with Gasteiger partial charge < -0.3 is 10.1 Å². The summed E-state index contributed by atoms with van der Waals surface area (Å²) in [4.78, 5) is 0. The zero-order valence-electron chi connectivity index (χ0n) is 11.9. The Hall–Kier alpha value is -0.670. The van der Waals surface area contributed by atoms with E-state index in [0.29, 0.717) is 0 Å². The Labute approximate surface area is 121 Å². The van der Waals surface area contributed by atoms with Crippen LogP contribution in [0, 0.1) is 5.92 Å². The first-order chi connectivity index (χ1) is 9.38. The molecule has 19 heavy (non-hydrogen) atoms. The number of hydrogen-bond acceptors (Lipinski definition) is 3. The zero-order chi connectivity index (χ0) is 13.3. The second kappa shape index (κ2) is 8.49. The predicted molar refractivity (Wildman–Crippen MR) is 84.0 cm³/mol. The van der Waals surface area contributed by atoms with Crippen molar-refractivity contribution in [3.8, 4) is 5.75 Å². The summed E-state index contributed by atoms with van der Waals surface area (Å²) in [5.41, 5.74) is 1.32. The molecule has 3 heteroatoms. The van der Waals surface area contributed by atoms with E-state index in [-0.39, 0.29) is 0 Å². The summed E-state index contributed by atoms with van der Waals surface area (Å²) < 4.78 is 5.66. The molecular weight excluding hydrogens is 254 g/mol.